The van der Waals surface area contributed by atoms with E-state index in [1.165, 1.54) is 10.8 Å². The van der Waals surface area contributed by atoms with E-state index in [1.807, 2.05) is 0 Å². The molecule has 4 rings (SSSR count). The number of hydrogen-bond donors (Lipinski definition) is 1. The summed E-state index contributed by atoms with van der Waals surface area (Å²) in [5.74, 6) is 1.08. The van der Waals surface area contributed by atoms with E-state index < -0.39 is 6.10 Å². The van der Waals surface area contributed by atoms with Gasteiger partial charge < -0.3 is 19.6 Å². The van der Waals surface area contributed by atoms with Gasteiger partial charge in [-0.05, 0) is 30.5 Å². The van der Waals surface area contributed by atoms with Gasteiger partial charge in [0.05, 0.1) is 17.9 Å². The first-order valence-corrected chi connectivity index (χ1v) is 11.3. The van der Waals surface area contributed by atoms with E-state index >= 15 is 0 Å². The van der Waals surface area contributed by atoms with E-state index in [9.17, 15) is 5.11 Å². The second-order valence-corrected chi connectivity index (χ2v) is 8.40. The lowest BCUT2D eigenvalue weighted by atomic mass is 10.0. The average Bonchev–Trinajstić information content (AvgIpc) is 2.82. The number of methoxy groups -OCH3 is 1. The van der Waals surface area contributed by atoms with Gasteiger partial charge in [-0.2, -0.15) is 0 Å². The van der Waals surface area contributed by atoms with Crippen molar-refractivity contribution in [2.45, 2.75) is 32.5 Å². The zero-order valence-corrected chi connectivity index (χ0v) is 18.8. The number of aliphatic hydroxyl groups excluding tert-OH is 1. The molecule has 2 heterocycles. The molecule has 3 aromatic rings. The molecule has 0 aliphatic carbocycles. The number of hydrogen-bond acceptors (Lipinski definition) is 5. The first-order valence-electron chi connectivity index (χ1n) is 11.3. The molecule has 1 aliphatic rings. The highest BCUT2D eigenvalue weighted by Crippen LogP contribution is 2.32. The summed E-state index contributed by atoms with van der Waals surface area (Å²) >= 11 is 0. The zero-order chi connectivity index (χ0) is 21.8. The lowest BCUT2D eigenvalue weighted by Crippen LogP contribution is -2.46. The first-order chi connectivity index (χ1) is 15.1. The largest absolute Gasteiger partial charge is 0.393 e. The molecule has 31 heavy (non-hydrogen) atoms. The number of benzene rings is 2. The molecule has 2 unspecified atom stereocenters. The van der Waals surface area contributed by atoms with Crippen LogP contribution >= 0.6 is 0 Å². The van der Waals surface area contributed by atoms with Gasteiger partial charge in [0.2, 0.25) is 0 Å². The molecule has 2 atom stereocenters. The van der Waals surface area contributed by atoms with Gasteiger partial charge in [0.15, 0.2) is 0 Å². The van der Waals surface area contributed by atoms with Crippen LogP contribution in [0.2, 0.25) is 0 Å². The Hall–Kier alpha value is -2.47. The number of ether oxygens (including phenoxy) is 1. The van der Waals surface area contributed by atoms with Gasteiger partial charge in [-0.3, -0.25) is 0 Å². The summed E-state index contributed by atoms with van der Waals surface area (Å²) < 4.78 is 5.58. The Morgan fingerprint density at radius 1 is 1.03 bits per heavy atom. The molecule has 164 valence electrons. The highest BCUT2D eigenvalue weighted by Gasteiger charge is 2.20. The predicted molar refractivity (Wildman–Crippen MR) is 128 cm³/mol. The summed E-state index contributed by atoms with van der Waals surface area (Å²) in [4.78, 5) is 10.0. The topological polar surface area (TPSA) is 48.8 Å². The Kier molecular flexibility index (Phi) is 6.86. The molecule has 1 fully saturated rings. The van der Waals surface area contributed by atoms with Gasteiger partial charge in [0.1, 0.15) is 5.82 Å². The minimum atomic E-state index is -0.400. The van der Waals surface area contributed by atoms with Gasteiger partial charge in [0, 0.05) is 50.7 Å². The number of aromatic nitrogens is 1. The summed E-state index contributed by atoms with van der Waals surface area (Å²) in [5, 5.41) is 12.2. The van der Waals surface area contributed by atoms with Crippen molar-refractivity contribution >= 4 is 16.6 Å². The summed E-state index contributed by atoms with van der Waals surface area (Å²) in [5.41, 5.74) is 3.15. The Morgan fingerprint density at radius 3 is 2.39 bits per heavy atom. The molecule has 0 saturated carbocycles. The molecule has 1 saturated heterocycles. The summed E-state index contributed by atoms with van der Waals surface area (Å²) in [6.07, 6.45) is 0.0735. The molecule has 1 N–H and O–H groups in total. The van der Waals surface area contributed by atoms with E-state index in [-0.39, 0.29) is 6.10 Å². The van der Waals surface area contributed by atoms with Crippen LogP contribution in [0.4, 0.5) is 5.82 Å². The van der Waals surface area contributed by atoms with Crippen LogP contribution in [0, 0.1) is 0 Å². The summed E-state index contributed by atoms with van der Waals surface area (Å²) in [6, 6.07) is 19.1. The number of nitrogens with zero attached hydrogens (tertiary/aromatic N) is 3. The number of fused-ring (bicyclic) bond motifs is 1. The fourth-order valence-electron chi connectivity index (χ4n) is 4.39. The van der Waals surface area contributed by atoms with Crippen molar-refractivity contribution in [2.75, 3.05) is 44.7 Å². The third-order valence-corrected chi connectivity index (χ3v) is 6.26. The lowest BCUT2D eigenvalue weighted by molar-refractivity contribution is 0.0511. The maximum absolute atomic E-state index is 9.74. The Morgan fingerprint density at radius 2 is 1.74 bits per heavy atom. The number of anilines is 1. The molecule has 5 nitrogen and oxygen atoms in total. The van der Waals surface area contributed by atoms with E-state index in [1.54, 1.807) is 14.0 Å². The molecule has 0 spiro atoms. The minimum Gasteiger partial charge on any atom is -0.393 e. The quantitative estimate of drug-likeness (QED) is 0.611. The van der Waals surface area contributed by atoms with Crippen molar-refractivity contribution in [3.05, 3.63) is 60.2 Å². The maximum atomic E-state index is 9.74. The van der Waals surface area contributed by atoms with Crippen LogP contribution in [0.5, 0.6) is 0 Å². The fourth-order valence-corrected chi connectivity index (χ4v) is 4.39. The number of aliphatic hydroxyl groups is 1. The van der Waals surface area contributed by atoms with Gasteiger partial charge in [-0.15, -0.1) is 0 Å². The van der Waals surface area contributed by atoms with Crippen LogP contribution in [0.1, 0.15) is 31.9 Å². The van der Waals surface area contributed by atoms with E-state index in [0.29, 0.717) is 6.42 Å². The van der Waals surface area contributed by atoms with Crippen LogP contribution in [0.3, 0.4) is 0 Å². The van der Waals surface area contributed by atoms with Crippen molar-refractivity contribution < 1.29 is 9.84 Å². The molecule has 2 aromatic carbocycles. The predicted octanol–water partition coefficient (Wildman–Crippen LogP) is 4.50. The smallest absolute Gasteiger partial charge is 0.137 e. The fraction of sp³-hybridized carbons (Fsp3) is 0.423. The number of pyridine rings is 1. The molecule has 0 amide bonds. The van der Waals surface area contributed by atoms with Gasteiger partial charge in [0.25, 0.3) is 0 Å². The standard InChI is InChI=1S/C26H33N3O2/c1-4-28-13-15-29(16-14-28)26-23-8-6-5-7-22(23)18-24(27-26)20-9-11-21(12-10-20)25(31-3)17-19(2)30/h5-12,18-19,25,30H,4,13-17H2,1-3H3. The molecular formula is C26H33N3O2. The van der Waals surface area contributed by atoms with Crippen molar-refractivity contribution in [1.82, 2.24) is 9.88 Å². The second kappa shape index (κ2) is 9.77. The van der Waals surface area contributed by atoms with E-state index in [4.69, 9.17) is 9.72 Å². The van der Waals surface area contributed by atoms with Gasteiger partial charge in [-0.1, -0.05) is 55.5 Å². The zero-order valence-electron chi connectivity index (χ0n) is 18.8. The third-order valence-electron chi connectivity index (χ3n) is 6.26. The van der Waals surface area contributed by atoms with Crippen LogP contribution < -0.4 is 4.90 Å². The van der Waals surface area contributed by atoms with Gasteiger partial charge >= 0.3 is 0 Å². The maximum Gasteiger partial charge on any atom is 0.137 e. The lowest BCUT2D eigenvalue weighted by Gasteiger charge is -2.35. The van der Waals surface area contributed by atoms with E-state index in [0.717, 1.165) is 55.4 Å². The first kappa shape index (κ1) is 21.8. The Bertz CT molecular complexity index is 995. The van der Waals surface area contributed by atoms with Crippen LogP contribution in [0.25, 0.3) is 22.0 Å². The van der Waals surface area contributed by atoms with Crippen molar-refractivity contribution in [1.29, 1.82) is 0 Å². The minimum absolute atomic E-state index is 0.107. The molecule has 1 aromatic heterocycles. The van der Waals surface area contributed by atoms with Crippen molar-refractivity contribution in [3.63, 3.8) is 0 Å². The highest BCUT2D eigenvalue weighted by molar-refractivity contribution is 5.95. The summed E-state index contributed by atoms with van der Waals surface area (Å²) in [6.45, 7) is 9.28. The number of likely N-dealkylation sites (N-methyl/N-ethyl adjacent to an activating group) is 1. The number of piperazine rings is 1. The Labute approximate surface area is 185 Å². The highest BCUT2D eigenvalue weighted by atomic mass is 16.5. The molecule has 0 bridgehead atoms. The molecule has 5 heteroatoms. The second-order valence-electron chi connectivity index (χ2n) is 8.40. The van der Waals surface area contributed by atoms with Crippen LogP contribution in [-0.2, 0) is 4.74 Å². The SMILES string of the molecule is CCN1CCN(c2nc(-c3ccc(C(CC(C)O)OC)cc3)cc3ccccc23)CC1. The number of rotatable bonds is 7. The van der Waals surface area contributed by atoms with Crippen molar-refractivity contribution in [2.24, 2.45) is 0 Å². The Balaban J connectivity index is 1.67. The van der Waals surface area contributed by atoms with Crippen LogP contribution in [0.15, 0.2) is 54.6 Å². The third kappa shape index (κ3) is 4.90. The average molecular weight is 420 g/mol. The van der Waals surface area contributed by atoms with Crippen molar-refractivity contribution in [3.8, 4) is 11.3 Å². The monoisotopic (exact) mass is 419 g/mol. The summed E-state index contributed by atoms with van der Waals surface area (Å²) in [7, 11) is 1.69. The molecule has 1 aliphatic heterocycles. The molecular weight excluding hydrogens is 386 g/mol. The van der Waals surface area contributed by atoms with Crippen LogP contribution in [-0.4, -0.2) is 60.9 Å². The normalized spacial score (nSPS) is 17.1. The van der Waals surface area contributed by atoms with Gasteiger partial charge in [-0.25, -0.2) is 4.98 Å². The van der Waals surface area contributed by atoms with E-state index in [2.05, 4.69) is 71.3 Å². The molecule has 0 radical (unpaired) electrons.